The van der Waals surface area contributed by atoms with Gasteiger partial charge in [-0.15, -0.1) is 0 Å². The molecule has 3 amide bonds. The molecule has 1 saturated heterocycles. The fraction of sp³-hybridized carbons (Fsp3) is 0.867. The van der Waals surface area contributed by atoms with Gasteiger partial charge in [0.2, 0.25) is 0 Å². The van der Waals surface area contributed by atoms with Crippen molar-refractivity contribution in [3.63, 3.8) is 0 Å². The zero-order valence-corrected chi connectivity index (χ0v) is 14.3. The van der Waals surface area contributed by atoms with Crippen molar-refractivity contribution in [3.8, 4) is 0 Å². The van der Waals surface area contributed by atoms with Crippen LogP contribution in [0.15, 0.2) is 0 Å². The average Bonchev–Trinajstić information content (AvgIpc) is 2.62. The fourth-order valence-electron chi connectivity index (χ4n) is 2.53. The number of nitrogens with zero attached hydrogens (tertiary/aromatic N) is 4. The van der Waals surface area contributed by atoms with Crippen molar-refractivity contribution >= 4 is 11.9 Å². The lowest BCUT2D eigenvalue weighted by Gasteiger charge is -2.32. The zero-order valence-electron chi connectivity index (χ0n) is 14.3. The van der Waals surface area contributed by atoms with Crippen molar-refractivity contribution in [3.05, 3.63) is 0 Å². The first kappa shape index (κ1) is 17.9. The van der Waals surface area contributed by atoms with E-state index in [2.05, 4.69) is 23.6 Å². The minimum absolute atomic E-state index is 0.105. The maximum Gasteiger partial charge on any atom is 0.329 e. The van der Waals surface area contributed by atoms with Crippen molar-refractivity contribution in [2.45, 2.75) is 47.1 Å². The van der Waals surface area contributed by atoms with Crippen LogP contribution in [0.3, 0.4) is 0 Å². The lowest BCUT2D eigenvalue weighted by molar-refractivity contribution is -0.133. The van der Waals surface area contributed by atoms with Gasteiger partial charge in [-0.3, -0.25) is 19.5 Å². The van der Waals surface area contributed by atoms with Crippen LogP contribution in [0.1, 0.15) is 41.5 Å². The second-order valence-electron chi connectivity index (χ2n) is 5.89. The monoisotopic (exact) mass is 298 g/mol. The van der Waals surface area contributed by atoms with E-state index in [4.69, 9.17) is 0 Å². The summed E-state index contributed by atoms with van der Waals surface area (Å²) in [5.41, 5.74) is -0.771. The van der Waals surface area contributed by atoms with E-state index in [1.54, 1.807) is 4.90 Å². The molecule has 0 aromatic heterocycles. The van der Waals surface area contributed by atoms with Crippen molar-refractivity contribution in [2.75, 3.05) is 39.5 Å². The summed E-state index contributed by atoms with van der Waals surface area (Å²) in [5, 5.41) is 0. The number of urea groups is 1. The summed E-state index contributed by atoms with van der Waals surface area (Å²) in [6.45, 7) is 16.1. The Labute approximate surface area is 128 Å². The molecule has 21 heavy (non-hydrogen) atoms. The summed E-state index contributed by atoms with van der Waals surface area (Å²) in [6, 6.07) is -0.177. The molecule has 0 radical (unpaired) electrons. The molecule has 1 heterocycles. The minimum atomic E-state index is -0.771. The van der Waals surface area contributed by atoms with E-state index >= 15 is 0 Å². The van der Waals surface area contributed by atoms with Crippen LogP contribution >= 0.6 is 0 Å². The molecule has 0 saturated carbocycles. The zero-order chi connectivity index (χ0) is 16.2. The molecule has 1 aliphatic rings. The Bertz CT molecular complexity index is 376. The van der Waals surface area contributed by atoms with Gasteiger partial charge in [-0.05, 0) is 40.0 Å². The highest BCUT2D eigenvalue weighted by Crippen LogP contribution is 2.27. The number of carbonyl (C=O) groups is 2. The second kappa shape index (κ2) is 7.22. The predicted octanol–water partition coefficient (Wildman–Crippen LogP) is 1.63. The molecular weight excluding hydrogens is 268 g/mol. The highest BCUT2D eigenvalue weighted by Gasteiger charge is 2.51. The number of imide groups is 1. The van der Waals surface area contributed by atoms with Crippen molar-refractivity contribution < 1.29 is 9.59 Å². The molecule has 0 aromatic rings. The topological polar surface area (TPSA) is 47.1 Å². The van der Waals surface area contributed by atoms with Gasteiger partial charge in [-0.25, -0.2) is 9.69 Å². The Kier molecular flexibility index (Phi) is 6.16. The summed E-state index contributed by atoms with van der Waals surface area (Å²) in [4.78, 5) is 32.5. The smallest absolute Gasteiger partial charge is 0.297 e. The number of hydrogen-bond acceptors (Lipinski definition) is 4. The van der Waals surface area contributed by atoms with E-state index < -0.39 is 5.54 Å². The maximum atomic E-state index is 12.6. The Hall–Kier alpha value is -1.14. The highest BCUT2D eigenvalue weighted by molar-refractivity contribution is 6.06. The van der Waals surface area contributed by atoms with Crippen LogP contribution in [0.25, 0.3) is 0 Å². The number of carbonyl (C=O) groups excluding carboxylic acids is 2. The highest BCUT2D eigenvalue weighted by atomic mass is 16.2. The third-order valence-corrected chi connectivity index (χ3v) is 4.38. The third-order valence-electron chi connectivity index (χ3n) is 4.38. The van der Waals surface area contributed by atoms with Gasteiger partial charge >= 0.3 is 6.03 Å². The van der Waals surface area contributed by atoms with Gasteiger partial charge in [0.05, 0.1) is 13.3 Å². The SMILES string of the molecule is CCN(CC)CN1C(=O)N(CN(CC)CC)C(C)(C)C1=O. The van der Waals surface area contributed by atoms with E-state index in [9.17, 15) is 9.59 Å². The van der Waals surface area contributed by atoms with E-state index in [0.29, 0.717) is 13.3 Å². The van der Waals surface area contributed by atoms with Gasteiger partial charge in [0, 0.05) is 0 Å². The van der Waals surface area contributed by atoms with E-state index in [1.165, 1.54) is 4.90 Å². The van der Waals surface area contributed by atoms with Gasteiger partial charge in [-0.1, -0.05) is 27.7 Å². The first-order valence-electron chi connectivity index (χ1n) is 7.91. The molecule has 0 bridgehead atoms. The average molecular weight is 298 g/mol. The molecule has 6 nitrogen and oxygen atoms in total. The van der Waals surface area contributed by atoms with Gasteiger partial charge in [0.25, 0.3) is 5.91 Å². The molecule has 0 aromatic carbocycles. The largest absolute Gasteiger partial charge is 0.329 e. The molecular formula is C15H30N4O2. The van der Waals surface area contributed by atoms with Gasteiger partial charge < -0.3 is 0 Å². The van der Waals surface area contributed by atoms with Crippen LogP contribution in [0.2, 0.25) is 0 Å². The van der Waals surface area contributed by atoms with Crippen molar-refractivity contribution in [1.82, 2.24) is 19.6 Å². The summed E-state index contributed by atoms with van der Waals surface area (Å²) in [5.74, 6) is -0.105. The normalized spacial score (nSPS) is 18.5. The Balaban J connectivity index is 2.92. The molecule has 1 aliphatic heterocycles. The molecule has 6 heteroatoms. The summed E-state index contributed by atoms with van der Waals surface area (Å²) in [6.07, 6.45) is 0. The summed E-state index contributed by atoms with van der Waals surface area (Å²) < 4.78 is 0. The van der Waals surface area contributed by atoms with Crippen LogP contribution < -0.4 is 0 Å². The number of amides is 3. The summed E-state index contributed by atoms with van der Waals surface area (Å²) in [7, 11) is 0. The molecule has 0 N–H and O–H groups in total. The molecule has 1 fully saturated rings. The van der Waals surface area contributed by atoms with Crippen molar-refractivity contribution in [1.29, 1.82) is 0 Å². The molecule has 0 aliphatic carbocycles. The molecule has 0 unspecified atom stereocenters. The Morgan fingerprint density at radius 3 is 1.71 bits per heavy atom. The van der Waals surface area contributed by atoms with E-state index in [-0.39, 0.29) is 11.9 Å². The minimum Gasteiger partial charge on any atom is -0.297 e. The first-order chi connectivity index (χ1) is 9.83. The Morgan fingerprint density at radius 1 is 0.857 bits per heavy atom. The third kappa shape index (κ3) is 3.55. The molecule has 0 atom stereocenters. The lowest BCUT2D eigenvalue weighted by Crippen LogP contribution is -2.49. The van der Waals surface area contributed by atoms with Gasteiger partial charge in [-0.2, -0.15) is 0 Å². The van der Waals surface area contributed by atoms with Crippen LogP contribution in [0.5, 0.6) is 0 Å². The molecule has 122 valence electrons. The van der Waals surface area contributed by atoms with Crippen LogP contribution in [0, 0.1) is 0 Å². The van der Waals surface area contributed by atoms with Crippen LogP contribution in [-0.4, -0.2) is 76.6 Å². The summed E-state index contributed by atoms with van der Waals surface area (Å²) >= 11 is 0. The standard InChI is InChI=1S/C15H30N4O2/c1-7-16(8-2)11-18-13(20)15(5,6)19(14(18)21)12-17(9-3)10-4/h7-12H2,1-6H3. The second-order valence-corrected chi connectivity index (χ2v) is 5.89. The lowest BCUT2D eigenvalue weighted by atomic mass is 10.0. The van der Waals surface area contributed by atoms with Gasteiger partial charge in [0.15, 0.2) is 0 Å². The fourth-order valence-corrected chi connectivity index (χ4v) is 2.53. The van der Waals surface area contributed by atoms with Crippen LogP contribution in [0.4, 0.5) is 4.79 Å². The first-order valence-corrected chi connectivity index (χ1v) is 7.91. The maximum absolute atomic E-state index is 12.6. The molecule has 1 rings (SSSR count). The van der Waals surface area contributed by atoms with Crippen LogP contribution in [-0.2, 0) is 4.79 Å². The number of hydrogen-bond donors (Lipinski definition) is 0. The van der Waals surface area contributed by atoms with E-state index in [1.807, 2.05) is 27.7 Å². The van der Waals surface area contributed by atoms with Crippen molar-refractivity contribution in [2.24, 2.45) is 0 Å². The van der Waals surface area contributed by atoms with E-state index in [0.717, 1.165) is 26.2 Å². The quantitative estimate of drug-likeness (QED) is 0.639. The Morgan fingerprint density at radius 2 is 1.29 bits per heavy atom. The predicted molar refractivity (Wildman–Crippen MR) is 83.7 cm³/mol. The molecule has 0 spiro atoms. The van der Waals surface area contributed by atoms with Gasteiger partial charge in [0.1, 0.15) is 5.54 Å². The number of rotatable bonds is 8.